The number of esters is 1. The first-order valence-corrected chi connectivity index (χ1v) is 9.19. The smallest absolute Gasteiger partial charge is 0.305 e. The van der Waals surface area contributed by atoms with Crippen LogP contribution in [0.3, 0.4) is 0 Å². The predicted octanol–water partition coefficient (Wildman–Crippen LogP) is 2.56. The van der Waals surface area contributed by atoms with Gasteiger partial charge in [0.2, 0.25) is 0 Å². The SMILES string of the molecule is COC(=O)CCC(=O)C1C=c2c(ccc3c2=CCc2ccccc2-3)CC1. The van der Waals surface area contributed by atoms with E-state index in [2.05, 4.69) is 53.3 Å². The molecule has 2 aromatic carbocycles. The zero-order chi connectivity index (χ0) is 18.1. The summed E-state index contributed by atoms with van der Waals surface area (Å²) in [7, 11) is 1.36. The molecule has 0 saturated carbocycles. The molecule has 0 bridgehead atoms. The van der Waals surface area contributed by atoms with E-state index in [1.165, 1.54) is 39.8 Å². The highest BCUT2D eigenvalue weighted by molar-refractivity contribution is 5.89. The molecule has 1 unspecified atom stereocenters. The number of ether oxygens (including phenoxy) is 1. The second-order valence-corrected chi connectivity index (χ2v) is 7.02. The Morgan fingerprint density at radius 3 is 2.69 bits per heavy atom. The molecule has 26 heavy (non-hydrogen) atoms. The van der Waals surface area contributed by atoms with E-state index in [1.807, 2.05) is 0 Å². The molecular weight excluding hydrogens is 324 g/mol. The van der Waals surface area contributed by atoms with E-state index in [1.54, 1.807) is 0 Å². The minimum Gasteiger partial charge on any atom is -0.469 e. The highest BCUT2D eigenvalue weighted by atomic mass is 16.5. The van der Waals surface area contributed by atoms with Crippen LogP contribution in [0.5, 0.6) is 0 Å². The maximum atomic E-state index is 12.5. The molecule has 0 spiro atoms. The fourth-order valence-electron chi connectivity index (χ4n) is 4.09. The Labute approximate surface area is 153 Å². The predicted molar refractivity (Wildman–Crippen MR) is 102 cm³/mol. The fraction of sp³-hybridized carbons (Fsp3) is 0.304. The van der Waals surface area contributed by atoms with Crippen molar-refractivity contribution in [1.29, 1.82) is 0 Å². The van der Waals surface area contributed by atoms with Crippen molar-refractivity contribution < 1.29 is 14.3 Å². The Hall–Kier alpha value is -2.68. The Balaban J connectivity index is 1.71. The van der Waals surface area contributed by atoms with Gasteiger partial charge in [0.1, 0.15) is 5.78 Å². The third kappa shape index (κ3) is 2.98. The lowest BCUT2D eigenvalue weighted by Gasteiger charge is -2.21. The van der Waals surface area contributed by atoms with Crippen LogP contribution in [0, 0.1) is 5.92 Å². The van der Waals surface area contributed by atoms with Gasteiger partial charge in [-0.2, -0.15) is 0 Å². The molecule has 3 nitrogen and oxygen atoms in total. The van der Waals surface area contributed by atoms with Crippen molar-refractivity contribution in [3.63, 3.8) is 0 Å². The number of benzene rings is 2. The molecule has 0 radical (unpaired) electrons. The van der Waals surface area contributed by atoms with E-state index in [9.17, 15) is 9.59 Å². The lowest BCUT2D eigenvalue weighted by Crippen LogP contribution is -2.37. The van der Waals surface area contributed by atoms with Crippen LogP contribution in [0.15, 0.2) is 36.4 Å². The summed E-state index contributed by atoms with van der Waals surface area (Å²) in [6, 6.07) is 12.9. The van der Waals surface area contributed by atoms with E-state index < -0.39 is 0 Å². The normalized spacial score (nSPS) is 17.0. The standard InChI is InChI=1S/C23H22O3/c1-26-23(25)13-12-22(24)17-7-6-16-9-10-19-18-5-3-2-4-15(18)8-11-20(19)21(16)14-17/h2-5,9-11,14,17H,6-8,12-13H2,1H3. The molecule has 0 amide bonds. The van der Waals surface area contributed by atoms with Crippen molar-refractivity contribution in [2.24, 2.45) is 5.92 Å². The third-order valence-electron chi connectivity index (χ3n) is 5.52. The second-order valence-electron chi connectivity index (χ2n) is 7.02. The van der Waals surface area contributed by atoms with Crippen molar-refractivity contribution in [3.05, 3.63) is 58.0 Å². The minimum atomic E-state index is -0.322. The summed E-state index contributed by atoms with van der Waals surface area (Å²) in [6.45, 7) is 0. The van der Waals surface area contributed by atoms with Gasteiger partial charge in [0, 0.05) is 12.3 Å². The Morgan fingerprint density at radius 1 is 1.00 bits per heavy atom. The number of aryl methyl sites for hydroxylation is 1. The quantitative estimate of drug-likeness (QED) is 0.799. The van der Waals surface area contributed by atoms with Gasteiger partial charge in [-0.1, -0.05) is 48.6 Å². The minimum absolute atomic E-state index is 0.107. The third-order valence-corrected chi connectivity index (χ3v) is 5.52. The number of Topliss-reactive ketones (excluding diaryl/α,β-unsaturated/α-hetero) is 1. The highest BCUT2D eigenvalue weighted by Crippen LogP contribution is 2.25. The van der Waals surface area contributed by atoms with E-state index in [0.29, 0.717) is 0 Å². The second kappa shape index (κ2) is 6.91. The topological polar surface area (TPSA) is 43.4 Å². The molecule has 4 rings (SSSR count). The zero-order valence-electron chi connectivity index (χ0n) is 15.0. The fourth-order valence-corrected chi connectivity index (χ4v) is 4.09. The van der Waals surface area contributed by atoms with Crippen LogP contribution in [-0.4, -0.2) is 18.9 Å². The van der Waals surface area contributed by atoms with Crippen molar-refractivity contribution in [1.82, 2.24) is 0 Å². The molecule has 2 aliphatic carbocycles. The van der Waals surface area contributed by atoms with Gasteiger partial charge >= 0.3 is 5.97 Å². The summed E-state index contributed by atoms with van der Waals surface area (Å²) in [6.07, 6.45) is 7.49. The van der Waals surface area contributed by atoms with E-state index >= 15 is 0 Å². The molecule has 2 aliphatic rings. The van der Waals surface area contributed by atoms with Crippen molar-refractivity contribution in [2.45, 2.75) is 32.1 Å². The average Bonchev–Trinajstić information content (AvgIpc) is 2.70. The van der Waals surface area contributed by atoms with Gasteiger partial charge in [0.15, 0.2) is 0 Å². The lowest BCUT2D eigenvalue weighted by atomic mass is 9.83. The number of methoxy groups -OCH3 is 1. The van der Waals surface area contributed by atoms with Crippen LogP contribution in [-0.2, 0) is 27.2 Å². The molecular formula is C23H22O3. The number of hydrogen-bond donors (Lipinski definition) is 0. The van der Waals surface area contributed by atoms with Gasteiger partial charge in [-0.05, 0) is 52.0 Å². The number of fused-ring (bicyclic) bond motifs is 5. The van der Waals surface area contributed by atoms with Crippen LogP contribution < -0.4 is 10.4 Å². The van der Waals surface area contributed by atoms with Gasteiger partial charge in [0.25, 0.3) is 0 Å². The summed E-state index contributed by atoms with van der Waals surface area (Å²) in [5.74, 6) is -0.295. The Kier molecular flexibility index (Phi) is 4.46. The molecule has 2 aromatic rings. The number of carbonyl (C=O) groups is 2. The zero-order valence-corrected chi connectivity index (χ0v) is 15.0. The average molecular weight is 346 g/mol. The highest BCUT2D eigenvalue weighted by Gasteiger charge is 2.22. The van der Waals surface area contributed by atoms with Gasteiger partial charge in [-0.15, -0.1) is 0 Å². The molecule has 3 heteroatoms. The Bertz CT molecular complexity index is 1000. The number of rotatable bonds is 4. The van der Waals surface area contributed by atoms with Gasteiger partial charge < -0.3 is 4.74 Å². The number of carbonyl (C=O) groups excluding carboxylic acids is 2. The van der Waals surface area contributed by atoms with Crippen molar-refractivity contribution >= 4 is 23.9 Å². The number of ketones is 1. The molecule has 0 aliphatic heterocycles. The number of hydrogen-bond acceptors (Lipinski definition) is 3. The summed E-state index contributed by atoms with van der Waals surface area (Å²) >= 11 is 0. The molecule has 0 aromatic heterocycles. The van der Waals surface area contributed by atoms with Crippen LogP contribution in [0.1, 0.15) is 30.4 Å². The molecule has 0 N–H and O–H groups in total. The van der Waals surface area contributed by atoms with E-state index in [4.69, 9.17) is 0 Å². The first-order valence-electron chi connectivity index (χ1n) is 9.19. The van der Waals surface area contributed by atoms with Crippen LogP contribution in [0.4, 0.5) is 0 Å². The van der Waals surface area contributed by atoms with Crippen molar-refractivity contribution in [3.8, 4) is 11.1 Å². The van der Waals surface area contributed by atoms with Gasteiger partial charge in [0.05, 0.1) is 13.5 Å². The summed E-state index contributed by atoms with van der Waals surface area (Å²) in [5.41, 5.74) is 5.21. The van der Waals surface area contributed by atoms with Crippen LogP contribution >= 0.6 is 0 Å². The Morgan fingerprint density at radius 2 is 1.85 bits per heavy atom. The van der Waals surface area contributed by atoms with Gasteiger partial charge in [-0.25, -0.2) is 0 Å². The van der Waals surface area contributed by atoms with E-state index in [-0.39, 0.29) is 30.5 Å². The first-order chi connectivity index (χ1) is 12.7. The summed E-state index contributed by atoms with van der Waals surface area (Å²) < 4.78 is 4.65. The molecule has 1 atom stereocenters. The summed E-state index contributed by atoms with van der Waals surface area (Å²) in [5, 5.41) is 2.46. The maximum absolute atomic E-state index is 12.5. The van der Waals surface area contributed by atoms with E-state index in [0.717, 1.165) is 19.3 Å². The monoisotopic (exact) mass is 346 g/mol. The molecule has 0 heterocycles. The van der Waals surface area contributed by atoms with Crippen molar-refractivity contribution in [2.75, 3.05) is 7.11 Å². The lowest BCUT2D eigenvalue weighted by molar-refractivity contribution is -0.142. The molecule has 0 saturated heterocycles. The van der Waals surface area contributed by atoms with Crippen LogP contribution in [0.25, 0.3) is 23.3 Å². The first kappa shape index (κ1) is 16.8. The van der Waals surface area contributed by atoms with Crippen LogP contribution in [0.2, 0.25) is 0 Å². The maximum Gasteiger partial charge on any atom is 0.305 e. The molecule has 132 valence electrons. The summed E-state index contributed by atoms with van der Waals surface area (Å²) in [4.78, 5) is 23.9. The van der Waals surface area contributed by atoms with Gasteiger partial charge in [-0.3, -0.25) is 9.59 Å². The largest absolute Gasteiger partial charge is 0.469 e. The molecule has 0 fully saturated rings.